The summed E-state index contributed by atoms with van der Waals surface area (Å²) in [5.41, 5.74) is 1.45. The fourth-order valence-electron chi connectivity index (χ4n) is 3.02. The molecule has 0 radical (unpaired) electrons. The summed E-state index contributed by atoms with van der Waals surface area (Å²) in [7, 11) is 2.08. The lowest BCUT2D eigenvalue weighted by Gasteiger charge is -2.25. The highest BCUT2D eigenvalue weighted by Gasteiger charge is 2.30. The van der Waals surface area contributed by atoms with Gasteiger partial charge in [-0.25, -0.2) is 0 Å². The van der Waals surface area contributed by atoms with Crippen LogP contribution in [0.15, 0.2) is 30.3 Å². The van der Waals surface area contributed by atoms with E-state index in [1.165, 1.54) is 31.2 Å². The van der Waals surface area contributed by atoms with Gasteiger partial charge in [-0.05, 0) is 45.2 Å². The van der Waals surface area contributed by atoms with Gasteiger partial charge in [0.15, 0.2) is 0 Å². The Morgan fingerprint density at radius 2 is 2.11 bits per heavy atom. The first-order chi connectivity index (χ1) is 8.81. The fraction of sp³-hybridized carbons (Fsp3) is 0.625. The van der Waals surface area contributed by atoms with Gasteiger partial charge in [-0.2, -0.15) is 0 Å². The third-order valence-electron chi connectivity index (χ3n) is 4.15. The third kappa shape index (κ3) is 3.56. The lowest BCUT2D eigenvalue weighted by molar-refractivity contribution is 0.0950. The third-order valence-corrected chi connectivity index (χ3v) is 4.15. The number of aryl methyl sites for hydroxylation is 1. The molecule has 0 spiro atoms. The second-order valence-corrected chi connectivity index (χ2v) is 5.30. The summed E-state index contributed by atoms with van der Waals surface area (Å²) in [5.74, 6) is 0.686. The molecule has 2 nitrogen and oxygen atoms in total. The number of nitrogens with one attached hydrogen (secondary N) is 1. The summed E-state index contributed by atoms with van der Waals surface area (Å²) in [6.07, 6.45) is 5.29. The van der Waals surface area contributed by atoms with Crippen molar-refractivity contribution < 1.29 is 4.74 Å². The summed E-state index contributed by atoms with van der Waals surface area (Å²) in [5, 5.41) is 3.48. The molecule has 0 aromatic heterocycles. The molecule has 1 fully saturated rings. The Morgan fingerprint density at radius 1 is 1.33 bits per heavy atom. The van der Waals surface area contributed by atoms with Gasteiger partial charge in [-0.3, -0.25) is 0 Å². The van der Waals surface area contributed by atoms with Gasteiger partial charge in [-0.15, -0.1) is 0 Å². The lowest BCUT2D eigenvalue weighted by atomic mass is 9.89. The minimum absolute atomic E-state index is 0.416. The molecule has 1 N–H and O–H groups in total. The van der Waals surface area contributed by atoms with E-state index in [1.54, 1.807) is 0 Å². The number of ether oxygens (including phenoxy) is 1. The molecule has 100 valence electrons. The van der Waals surface area contributed by atoms with Crippen LogP contribution in [0.2, 0.25) is 0 Å². The average molecular weight is 247 g/mol. The standard InChI is InChI=1S/C16H25NO/c1-13-15(11-12-18-13)16(17-2)10-6-9-14-7-4-3-5-8-14/h3-5,7-8,13,15-17H,6,9-12H2,1-2H3. The van der Waals surface area contributed by atoms with E-state index >= 15 is 0 Å². The van der Waals surface area contributed by atoms with Crippen molar-refractivity contribution in [3.05, 3.63) is 35.9 Å². The molecule has 1 aliphatic heterocycles. The first kappa shape index (κ1) is 13.6. The van der Waals surface area contributed by atoms with E-state index in [1.807, 2.05) is 0 Å². The Hall–Kier alpha value is -0.860. The first-order valence-corrected chi connectivity index (χ1v) is 7.14. The van der Waals surface area contributed by atoms with Crippen molar-refractivity contribution in [2.75, 3.05) is 13.7 Å². The molecule has 0 saturated carbocycles. The smallest absolute Gasteiger partial charge is 0.0590 e. The van der Waals surface area contributed by atoms with Crippen molar-refractivity contribution in [1.29, 1.82) is 0 Å². The fourth-order valence-corrected chi connectivity index (χ4v) is 3.02. The molecule has 3 atom stereocenters. The maximum Gasteiger partial charge on any atom is 0.0590 e. The highest BCUT2D eigenvalue weighted by Crippen LogP contribution is 2.26. The average Bonchev–Trinajstić information content (AvgIpc) is 2.82. The van der Waals surface area contributed by atoms with Gasteiger partial charge >= 0.3 is 0 Å². The predicted octanol–water partition coefficient (Wildman–Crippen LogP) is 3.02. The Kier molecular flexibility index (Phi) is 5.21. The molecule has 1 aromatic carbocycles. The number of hydrogen-bond acceptors (Lipinski definition) is 2. The van der Waals surface area contributed by atoms with E-state index in [9.17, 15) is 0 Å². The van der Waals surface area contributed by atoms with Gasteiger partial charge in [0, 0.05) is 18.6 Å². The molecule has 0 amide bonds. The van der Waals surface area contributed by atoms with E-state index in [0.717, 1.165) is 6.61 Å². The normalized spacial score (nSPS) is 25.2. The van der Waals surface area contributed by atoms with Crippen molar-refractivity contribution in [3.63, 3.8) is 0 Å². The quantitative estimate of drug-likeness (QED) is 0.834. The van der Waals surface area contributed by atoms with E-state index in [4.69, 9.17) is 4.74 Å². The van der Waals surface area contributed by atoms with E-state index in [2.05, 4.69) is 49.6 Å². The molecule has 0 bridgehead atoms. The van der Waals surface area contributed by atoms with Crippen molar-refractivity contribution in [1.82, 2.24) is 5.32 Å². The summed E-state index contributed by atoms with van der Waals surface area (Å²) >= 11 is 0. The van der Waals surface area contributed by atoms with E-state index < -0.39 is 0 Å². The molecule has 2 rings (SSSR count). The van der Waals surface area contributed by atoms with E-state index in [0.29, 0.717) is 18.1 Å². The maximum atomic E-state index is 5.67. The number of rotatable bonds is 6. The second-order valence-electron chi connectivity index (χ2n) is 5.30. The van der Waals surface area contributed by atoms with Gasteiger partial charge in [-0.1, -0.05) is 30.3 Å². The monoisotopic (exact) mass is 247 g/mol. The minimum Gasteiger partial charge on any atom is -0.378 e. The zero-order valence-electron chi connectivity index (χ0n) is 11.6. The molecular formula is C16H25NO. The largest absolute Gasteiger partial charge is 0.378 e. The highest BCUT2D eigenvalue weighted by molar-refractivity contribution is 5.14. The zero-order chi connectivity index (χ0) is 12.8. The maximum absolute atomic E-state index is 5.67. The molecule has 1 heterocycles. The Balaban J connectivity index is 1.77. The zero-order valence-corrected chi connectivity index (χ0v) is 11.6. The first-order valence-electron chi connectivity index (χ1n) is 7.14. The van der Waals surface area contributed by atoms with Crippen LogP contribution in [0.4, 0.5) is 0 Å². The van der Waals surface area contributed by atoms with Crippen LogP contribution in [-0.4, -0.2) is 25.8 Å². The summed E-state index contributed by atoms with van der Waals surface area (Å²) in [6, 6.07) is 11.4. The molecule has 1 saturated heterocycles. The molecule has 18 heavy (non-hydrogen) atoms. The van der Waals surface area contributed by atoms with Gasteiger partial charge < -0.3 is 10.1 Å². The molecule has 1 aromatic rings. The van der Waals surface area contributed by atoms with Gasteiger partial charge in [0.1, 0.15) is 0 Å². The van der Waals surface area contributed by atoms with Crippen molar-refractivity contribution in [2.45, 2.75) is 44.8 Å². The van der Waals surface area contributed by atoms with Crippen molar-refractivity contribution in [3.8, 4) is 0 Å². The Morgan fingerprint density at radius 3 is 2.72 bits per heavy atom. The van der Waals surface area contributed by atoms with Crippen LogP contribution in [0.25, 0.3) is 0 Å². The topological polar surface area (TPSA) is 21.3 Å². The van der Waals surface area contributed by atoms with Gasteiger partial charge in [0.2, 0.25) is 0 Å². The Bertz CT molecular complexity index is 338. The number of benzene rings is 1. The van der Waals surface area contributed by atoms with Gasteiger partial charge in [0.05, 0.1) is 6.10 Å². The van der Waals surface area contributed by atoms with E-state index in [-0.39, 0.29) is 0 Å². The van der Waals surface area contributed by atoms with Crippen LogP contribution in [0.3, 0.4) is 0 Å². The summed E-state index contributed by atoms with van der Waals surface area (Å²) < 4.78 is 5.67. The summed E-state index contributed by atoms with van der Waals surface area (Å²) in [6.45, 7) is 3.14. The number of hydrogen-bond donors (Lipinski definition) is 1. The molecule has 0 aliphatic carbocycles. The second kappa shape index (κ2) is 6.91. The Labute approximate surface area is 111 Å². The van der Waals surface area contributed by atoms with Crippen molar-refractivity contribution in [2.24, 2.45) is 5.92 Å². The van der Waals surface area contributed by atoms with Gasteiger partial charge in [0.25, 0.3) is 0 Å². The van der Waals surface area contributed by atoms with Crippen LogP contribution >= 0.6 is 0 Å². The summed E-state index contributed by atoms with van der Waals surface area (Å²) in [4.78, 5) is 0. The highest BCUT2D eigenvalue weighted by atomic mass is 16.5. The lowest BCUT2D eigenvalue weighted by Crippen LogP contribution is -2.37. The van der Waals surface area contributed by atoms with Crippen molar-refractivity contribution >= 4 is 0 Å². The van der Waals surface area contributed by atoms with Crippen LogP contribution < -0.4 is 5.32 Å². The molecule has 2 heteroatoms. The molecule has 3 unspecified atom stereocenters. The van der Waals surface area contributed by atoms with Crippen LogP contribution in [0, 0.1) is 5.92 Å². The van der Waals surface area contributed by atoms with Crippen LogP contribution in [0.1, 0.15) is 31.7 Å². The van der Waals surface area contributed by atoms with Crippen LogP contribution in [-0.2, 0) is 11.2 Å². The van der Waals surface area contributed by atoms with Crippen LogP contribution in [0.5, 0.6) is 0 Å². The molecule has 1 aliphatic rings. The predicted molar refractivity (Wildman–Crippen MR) is 75.7 cm³/mol. The SMILES string of the molecule is CNC(CCCc1ccccc1)C1CCOC1C. The minimum atomic E-state index is 0.416. The molecular weight excluding hydrogens is 222 g/mol.